The quantitative estimate of drug-likeness (QED) is 0.681. The first-order valence-corrected chi connectivity index (χ1v) is 8.51. The number of rotatable bonds is 5. The highest BCUT2D eigenvalue weighted by molar-refractivity contribution is 6.33. The number of hydrazine groups is 1. The first kappa shape index (κ1) is 19.8. The van der Waals surface area contributed by atoms with Crippen LogP contribution in [0, 0.1) is 0 Å². The minimum Gasteiger partial charge on any atom is -0.340 e. The summed E-state index contributed by atoms with van der Waals surface area (Å²) in [6, 6.07) is 12.4. The average molecular weight is 394 g/mol. The molecule has 0 saturated heterocycles. The first-order chi connectivity index (χ1) is 12.4. The van der Waals surface area contributed by atoms with E-state index < -0.39 is 23.8 Å². The molecule has 0 saturated carbocycles. The Labute approximate surface area is 160 Å². The van der Waals surface area contributed by atoms with Crippen molar-refractivity contribution in [1.82, 2.24) is 16.2 Å². The van der Waals surface area contributed by atoms with Gasteiger partial charge in [0.05, 0.1) is 17.0 Å². The predicted octanol–water partition coefficient (Wildman–Crippen LogP) is 2.50. The third-order valence-electron chi connectivity index (χ3n) is 3.46. The van der Waals surface area contributed by atoms with Crippen molar-refractivity contribution in [3.63, 3.8) is 0 Å². The van der Waals surface area contributed by atoms with Gasteiger partial charge in [0.1, 0.15) is 6.04 Å². The molecule has 0 spiro atoms. The lowest BCUT2D eigenvalue weighted by Crippen LogP contribution is -2.51. The van der Waals surface area contributed by atoms with Crippen molar-refractivity contribution in [1.29, 1.82) is 0 Å². The van der Waals surface area contributed by atoms with Gasteiger partial charge in [-0.05, 0) is 36.8 Å². The van der Waals surface area contributed by atoms with Crippen LogP contribution in [-0.2, 0) is 16.0 Å². The maximum Gasteiger partial charge on any atom is 0.260 e. The highest BCUT2D eigenvalue weighted by Gasteiger charge is 2.18. The monoisotopic (exact) mass is 393 g/mol. The van der Waals surface area contributed by atoms with Crippen LogP contribution in [0.15, 0.2) is 48.5 Å². The second-order valence-electron chi connectivity index (χ2n) is 5.52. The summed E-state index contributed by atoms with van der Waals surface area (Å²) >= 11 is 11.7. The molecule has 2 rings (SSSR count). The van der Waals surface area contributed by atoms with Crippen LogP contribution in [0.2, 0.25) is 10.0 Å². The highest BCUT2D eigenvalue weighted by atomic mass is 35.5. The maximum atomic E-state index is 12.1. The number of carbonyl (C=O) groups excluding carboxylic acids is 3. The van der Waals surface area contributed by atoms with E-state index in [1.807, 2.05) is 0 Å². The zero-order valence-electron chi connectivity index (χ0n) is 13.9. The van der Waals surface area contributed by atoms with Crippen LogP contribution >= 0.6 is 23.2 Å². The van der Waals surface area contributed by atoms with Gasteiger partial charge in [0.25, 0.3) is 11.8 Å². The Bertz CT molecular complexity index is 810. The second-order valence-corrected chi connectivity index (χ2v) is 6.36. The molecule has 26 heavy (non-hydrogen) atoms. The van der Waals surface area contributed by atoms with Crippen LogP contribution in [-0.4, -0.2) is 23.8 Å². The fourth-order valence-electron chi connectivity index (χ4n) is 2.06. The van der Waals surface area contributed by atoms with Crippen molar-refractivity contribution < 1.29 is 14.4 Å². The summed E-state index contributed by atoms with van der Waals surface area (Å²) in [6.45, 7) is 1.50. The van der Waals surface area contributed by atoms with Crippen molar-refractivity contribution >= 4 is 40.9 Å². The molecule has 0 aromatic heterocycles. The number of halogens is 2. The average Bonchev–Trinajstić information content (AvgIpc) is 2.61. The molecule has 1 atom stereocenters. The smallest absolute Gasteiger partial charge is 0.260 e. The first-order valence-electron chi connectivity index (χ1n) is 7.75. The summed E-state index contributed by atoms with van der Waals surface area (Å²) in [7, 11) is 0. The number of nitrogens with one attached hydrogen (secondary N) is 3. The minimum atomic E-state index is -0.866. The van der Waals surface area contributed by atoms with E-state index in [4.69, 9.17) is 23.2 Å². The van der Waals surface area contributed by atoms with Gasteiger partial charge in [-0.15, -0.1) is 0 Å². The molecule has 8 heteroatoms. The summed E-state index contributed by atoms with van der Waals surface area (Å²) < 4.78 is 0. The molecule has 0 aliphatic carbocycles. The third kappa shape index (κ3) is 5.75. The van der Waals surface area contributed by atoms with Crippen LogP contribution in [0.25, 0.3) is 0 Å². The molecule has 3 amide bonds. The normalized spacial score (nSPS) is 11.3. The van der Waals surface area contributed by atoms with Crippen molar-refractivity contribution in [3.8, 4) is 0 Å². The zero-order valence-corrected chi connectivity index (χ0v) is 15.4. The number of benzene rings is 2. The van der Waals surface area contributed by atoms with Gasteiger partial charge in [0, 0.05) is 5.02 Å². The van der Waals surface area contributed by atoms with E-state index in [0.717, 1.165) is 5.56 Å². The van der Waals surface area contributed by atoms with Gasteiger partial charge >= 0.3 is 0 Å². The van der Waals surface area contributed by atoms with Crippen molar-refractivity contribution in [2.75, 3.05) is 0 Å². The van der Waals surface area contributed by atoms with Gasteiger partial charge in [-0.25, -0.2) is 0 Å². The molecule has 2 aromatic carbocycles. The van der Waals surface area contributed by atoms with E-state index >= 15 is 0 Å². The van der Waals surface area contributed by atoms with E-state index in [0.29, 0.717) is 5.02 Å². The lowest BCUT2D eigenvalue weighted by molar-refractivity contribution is -0.129. The van der Waals surface area contributed by atoms with Gasteiger partial charge in [0.2, 0.25) is 5.91 Å². The van der Waals surface area contributed by atoms with Crippen LogP contribution in [0.1, 0.15) is 22.8 Å². The zero-order chi connectivity index (χ0) is 19.1. The SMILES string of the molecule is C[C@H](NC(=O)c1ccccc1Cl)C(=O)NNC(=O)Cc1ccc(Cl)cc1. The minimum absolute atomic E-state index is 0.0812. The summed E-state index contributed by atoms with van der Waals surface area (Å²) in [5.41, 5.74) is 5.59. The predicted molar refractivity (Wildman–Crippen MR) is 99.8 cm³/mol. The summed E-state index contributed by atoms with van der Waals surface area (Å²) in [4.78, 5) is 36.0. The molecule has 0 fully saturated rings. The van der Waals surface area contributed by atoms with Crippen molar-refractivity contribution in [3.05, 3.63) is 69.7 Å². The Morgan fingerprint density at radius 1 is 0.962 bits per heavy atom. The number of hydrogen-bond acceptors (Lipinski definition) is 3. The largest absolute Gasteiger partial charge is 0.340 e. The van der Waals surface area contributed by atoms with E-state index in [2.05, 4.69) is 16.2 Å². The highest BCUT2D eigenvalue weighted by Crippen LogP contribution is 2.14. The molecule has 0 aliphatic heterocycles. The van der Waals surface area contributed by atoms with Gasteiger partial charge in [-0.1, -0.05) is 47.5 Å². The molecule has 0 unspecified atom stereocenters. The Morgan fingerprint density at radius 3 is 2.27 bits per heavy atom. The van der Waals surface area contributed by atoms with E-state index in [1.54, 1.807) is 48.5 Å². The van der Waals surface area contributed by atoms with Crippen LogP contribution in [0.4, 0.5) is 0 Å². The number of amides is 3. The molecule has 0 bridgehead atoms. The number of carbonyl (C=O) groups is 3. The topological polar surface area (TPSA) is 87.3 Å². The molecule has 136 valence electrons. The van der Waals surface area contributed by atoms with Crippen LogP contribution < -0.4 is 16.2 Å². The summed E-state index contributed by atoms with van der Waals surface area (Å²) in [6.07, 6.45) is 0.0812. The second kappa shape index (κ2) is 9.22. The molecule has 3 N–H and O–H groups in total. The maximum absolute atomic E-state index is 12.1. The Kier molecular flexibility index (Phi) is 7.00. The fraction of sp³-hybridized carbons (Fsp3) is 0.167. The summed E-state index contributed by atoms with van der Waals surface area (Å²) in [5, 5.41) is 3.38. The van der Waals surface area contributed by atoms with Crippen molar-refractivity contribution in [2.24, 2.45) is 0 Å². The lowest BCUT2D eigenvalue weighted by atomic mass is 10.1. The lowest BCUT2D eigenvalue weighted by Gasteiger charge is -2.15. The van der Waals surface area contributed by atoms with Crippen molar-refractivity contribution in [2.45, 2.75) is 19.4 Å². The molecular formula is C18H17Cl2N3O3. The molecule has 0 aliphatic rings. The van der Waals surface area contributed by atoms with Gasteiger partial charge < -0.3 is 5.32 Å². The summed E-state index contributed by atoms with van der Waals surface area (Å²) in [5.74, 6) is -1.44. The molecule has 2 aromatic rings. The van der Waals surface area contributed by atoms with Crippen LogP contribution in [0.3, 0.4) is 0 Å². The standard InChI is InChI=1S/C18H17Cl2N3O3/c1-11(21-18(26)14-4-2-3-5-15(14)20)17(25)23-22-16(24)10-12-6-8-13(19)9-7-12/h2-9,11H,10H2,1H3,(H,21,26)(H,22,24)(H,23,25)/t11-/m0/s1. The van der Waals surface area contributed by atoms with E-state index in [-0.39, 0.29) is 17.0 Å². The molecule has 0 heterocycles. The van der Waals surface area contributed by atoms with Gasteiger partial charge in [-0.2, -0.15) is 0 Å². The molecule has 6 nitrogen and oxygen atoms in total. The Hall–Kier alpha value is -2.57. The third-order valence-corrected chi connectivity index (χ3v) is 4.04. The van der Waals surface area contributed by atoms with E-state index in [9.17, 15) is 14.4 Å². The Morgan fingerprint density at radius 2 is 1.62 bits per heavy atom. The molecular weight excluding hydrogens is 377 g/mol. The number of hydrogen-bond donors (Lipinski definition) is 3. The van der Waals surface area contributed by atoms with E-state index in [1.165, 1.54) is 6.92 Å². The van der Waals surface area contributed by atoms with Gasteiger partial charge in [0.15, 0.2) is 0 Å². The Balaban J connectivity index is 1.81. The molecule has 0 radical (unpaired) electrons. The fourth-order valence-corrected chi connectivity index (χ4v) is 2.40. The van der Waals surface area contributed by atoms with Crippen LogP contribution in [0.5, 0.6) is 0 Å². The van der Waals surface area contributed by atoms with Gasteiger partial charge in [-0.3, -0.25) is 25.2 Å².